The molecule has 1 saturated carbocycles. The summed E-state index contributed by atoms with van der Waals surface area (Å²) in [7, 11) is 0. The first-order chi connectivity index (χ1) is 5.90. The number of nitrogens with two attached hydrogens (primary N) is 1. The van der Waals surface area contributed by atoms with Crippen LogP contribution in [-0.2, 0) is 5.41 Å². The maximum Gasteiger partial charge on any atom is 0.0201 e. The lowest BCUT2D eigenvalue weighted by Crippen LogP contribution is -2.13. The van der Waals surface area contributed by atoms with Crippen molar-refractivity contribution >= 4 is 11.3 Å². The highest BCUT2D eigenvalue weighted by molar-refractivity contribution is 7.10. The molecule has 0 saturated heterocycles. The molecule has 0 aromatic carbocycles. The zero-order chi connectivity index (χ0) is 9.85. The first-order valence-electron chi connectivity index (χ1n) is 4.72. The van der Waals surface area contributed by atoms with E-state index in [4.69, 9.17) is 5.73 Å². The topological polar surface area (TPSA) is 26.0 Å². The predicted molar refractivity (Wildman–Crippen MR) is 58.2 cm³/mol. The van der Waals surface area contributed by atoms with Gasteiger partial charge in [-0.05, 0) is 29.3 Å². The molecule has 1 nitrogen and oxygen atoms in total. The van der Waals surface area contributed by atoms with E-state index in [9.17, 15) is 0 Å². The molecule has 1 aliphatic carbocycles. The zero-order valence-electron chi connectivity index (χ0n) is 8.72. The zero-order valence-corrected chi connectivity index (χ0v) is 9.53. The van der Waals surface area contributed by atoms with E-state index in [1.807, 2.05) is 11.3 Å². The Balaban J connectivity index is 2.39. The third kappa shape index (κ3) is 0.960. The molecule has 2 N–H and O–H groups in total. The maximum atomic E-state index is 6.12. The minimum absolute atomic E-state index is 0.206. The lowest BCUT2D eigenvalue weighted by Gasteiger charge is -2.11. The Labute approximate surface area is 84.0 Å². The third-order valence-electron chi connectivity index (χ3n) is 3.98. The molecule has 1 heterocycles. The molecule has 2 heteroatoms. The van der Waals surface area contributed by atoms with Crippen molar-refractivity contribution in [2.24, 2.45) is 11.1 Å². The lowest BCUT2D eigenvalue weighted by atomic mass is 9.92. The Kier molecular flexibility index (Phi) is 1.68. The van der Waals surface area contributed by atoms with Crippen molar-refractivity contribution in [3.63, 3.8) is 0 Å². The molecule has 13 heavy (non-hydrogen) atoms. The van der Waals surface area contributed by atoms with E-state index in [0.717, 1.165) is 0 Å². The van der Waals surface area contributed by atoms with Crippen molar-refractivity contribution in [2.45, 2.75) is 39.2 Å². The van der Waals surface area contributed by atoms with Crippen molar-refractivity contribution < 1.29 is 0 Å². The first kappa shape index (κ1) is 9.22. The molecule has 0 aliphatic heterocycles. The summed E-state index contributed by atoms with van der Waals surface area (Å²) >= 11 is 1.82. The maximum absolute atomic E-state index is 6.12. The van der Waals surface area contributed by atoms with Crippen LogP contribution in [0.15, 0.2) is 11.4 Å². The molecule has 2 rings (SSSR count). The van der Waals surface area contributed by atoms with Crippen LogP contribution in [0.4, 0.5) is 0 Å². The number of rotatable bonds is 1. The van der Waals surface area contributed by atoms with Gasteiger partial charge in [0.05, 0.1) is 0 Å². The van der Waals surface area contributed by atoms with Crippen molar-refractivity contribution in [3.8, 4) is 0 Å². The first-order valence-corrected chi connectivity index (χ1v) is 5.60. The van der Waals surface area contributed by atoms with E-state index in [1.54, 1.807) is 0 Å². The molecule has 2 unspecified atom stereocenters. The Morgan fingerprint density at radius 2 is 1.92 bits per heavy atom. The molecule has 1 fully saturated rings. The van der Waals surface area contributed by atoms with Gasteiger partial charge in [0.15, 0.2) is 0 Å². The van der Waals surface area contributed by atoms with Gasteiger partial charge in [0.1, 0.15) is 0 Å². The van der Waals surface area contributed by atoms with Crippen LogP contribution in [0.1, 0.15) is 31.2 Å². The summed E-state index contributed by atoms with van der Waals surface area (Å²) in [5.41, 5.74) is 8.02. The van der Waals surface area contributed by atoms with E-state index in [2.05, 4.69) is 39.1 Å². The molecule has 0 amide bonds. The van der Waals surface area contributed by atoms with Gasteiger partial charge < -0.3 is 5.73 Å². The second-order valence-corrected chi connectivity index (χ2v) is 5.96. The minimum Gasteiger partial charge on any atom is -0.326 e. The standard InChI is InChI=1S/C11H17NS/c1-7-5-8(6-13-7)11(4)9(12)10(11,2)3/h5-6,9H,12H2,1-4H3. The van der Waals surface area contributed by atoms with Crippen LogP contribution in [0.3, 0.4) is 0 Å². The summed E-state index contributed by atoms with van der Waals surface area (Å²) in [5.74, 6) is 0. The highest BCUT2D eigenvalue weighted by Gasteiger charge is 2.67. The van der Waals surface area contributed by atoms with Gasteiger partial charge in [0, 0.05) is 16.3 Å². The van der Waals surface area contributed by atoms with E-state index in [1.165, 1.54) is 10.4 Å². The quantitative estimate of drug-likeness (QED) is 0.732. The fourth-order valence-electron chi connectivity index (χ4n) is 2.29. The smallest absolute Gasteiger partial charge is 0.0201 e. The molecule has 0 radical (unpaired) electrons. The lowest BCUT2D eigenvalue weighted by molar-refractivity contribution is 0.527. The normalized spacial score (nSPS) is 36.2. The molecule has 0 bridgehead atoms. The molecule has 1 aromatic rings. The monoisotopic (exact) mass is 195 g/mol. The molecular formula is C11H17NS. The minimum atomic E-state index is 0.206. The molecule has 1 aromatic heterocycles. The van der Waals surface area contributed by atoms with Gasteiger partial charge in [0.2, 0.25) is 0 Å². The van der Waals surface area contributed by atoms with Crippen molar-refractivity contribution in [1.29, 1.82) is 0 Å². The van der Waals surface area contributed by atoms with Gasteiger partial charge in [0.25, 0.3) is 0 Å². The van der Waals surface area contributed by atoms with Crippen LogP contribution in [0, 0.1) is 12.3 Å². The Morgan fingerprint density at radius 1 is 1.38 bits per heavy atom. The van der Waals surface area contributed by atoms with Crippen LogP contribution in [0.2, 0.25) is 0 Å². The fourth-order valence-corrected chi connectivity index (χ4v) is 3.11. The average Bonchev–Trinajstić information content (AvgIpc) is 2.46. The van der Waals surface area contributed by atoms with Crippen LogP contribution >= 0.6 is 11.3 Å². The molecular weight excluding hydrogens is 178 g/mol. The summed E-state index contributed by atoms with van der Waals surface area (Å²) in [6.45, 7) is 8.94. The Morgan fingerprint density at radius 3 is 2.23 bits per heavy atom. The highest BCUT2D eigenvalue weighted by atomic mass is 32.1. The summed E-state index contributed by atoms with van der Waals surface area (Å²) < 4.78 is 0. The van der Waals surface area contributed by atoms with Gasteiger partial charge in [-0.15, -0.1) is 11.3 Å². The van der Waals surface area contributed by atoms with E-state index >= 15 is 0 Å². The second kappa shape index (κ2) is 2.37. The molecule has 1 aliphatic rings. The van der Waals surface area contributed by atoms with Gasteiger partial charge in [-0.2, -0.15) is 0 Å². The SMILES string of the molecule is Cc1cc(C2(C)C(N)C2(C)C)cs1. The van der Waals surface area contributed by atoms with E-state index in [0.29, 0.717) is 6.04 Å². The van der Waals surface area contributed by atoms with Gasteiger partial charge in [-0.25, -0.2) is 0 Å². The highest BCUT2D eigenvalue weighted by Crippen LogP contribution is 2.63. The summed E-state index contributed by atoms with van der Waals surface area (Å²) in [6, 6.07) is 2.59. The van der Waals surface area contributed by atoms with Crippen LogP contribution in [0.5, 0.6) is 0 Å². The summed E-state index contributed by atoms with van der Waals surface area (Å²) in [6.07, 6.45) is 0. The number of aryl methyl sites for hydroxylation is 1. The second-order valence-electron chi connectivity index (χ2n) is 4.85. The Hall–Kier alpha value is -0.340. The van der Waals surface area contributed by atoms with Crippen LogP contribution in [0.25, 0.3) is 0 Å². The largest absolute Gasteiger partial charge is 0.326 e. The molecule has 72 valence electrons. The summed E-state index contributed by atoms with van der Waals surface area (Å²) in [4.78, 5) is 1.38. The van der Waals surface area contributed by atoms with Crippen molar-refractivity contribution in [2.75, 3.05) is 0 Å². The number of thiophene rings is 1. The third-order valence-corrected chi connectivity index (χ3v) is 4.85. The average molecular weight is 195 g/mol. The summed E-state index contributed by atoms with van der Waals surface area (Å²) in [5, 5.41) is 2.25. The van der Waals surface area contributed by atoms with Crippen LogP contribution in [-0.4, -0.2) is 6.04 Å². The van der Waals surface area contributed by atoms with E-state index in [-0.39, 0.29) is 10.8 Å². The predicted octanol–water partition coefficient (Wildman–Crippen LogP) is 2.68. The van der Waals surface area contributed by atoms with Gasteiger partial charge in [-0.3, -0.25) is 0 Å². The van der Waals surface area contributed by atoms with Gasteiger partial charge in [-0.1, -0.05) is 20.8 Å². The van der Waals surface area contributed by atoms with Crippen molar-refractivity contribution in [3.05, 3.63) is 21.9 Å². The fraction of sp³-hybridized carbons (Fsp3) is 0.636. The van der Waals surface area contributed by atoms with Crippen molar-refractivity contribution in [1.82, 2.24) is 0 Å². The van der Waals surface area contributed by atoms with Crippen LogP contribution < -0.4 is 5.73 Å². The van der Waals surface area contributed by atoms with Gasteiger partial charge >= 0.3 is 0 Å². The number of hydrogen-bond acceptors (Lipinski definition) is 2. The molecule has 0 spiro atoms. The van der Waals surface area contributed by atoms with E-state index < -0.39 is 0 Å². The molecule has 2 atom stereocenters. The number of hydrogen-bond donors (Lipinski definition) is 1. The Bertz CT molecular complexity index is 340.